The maximum Gasteiger partial charge on any atom is 0.237 e. The van der Waals surface area contributed by atoms with Crippen molar-refractivity contribution in [1.82, 2.24) is 25.0 Å². The van der Waals surface area contributed by atoms with E-state index in [4.69, 9.17) is 26.7 Å². The highest BCUT2D eigenvalue weighted by atomic mass is 35.5. The van der Waals surface area contributed by atoms with Crippen molar-refractivity contribution in [2.24, 2.45) is 0 Å². The van der Waals surface area contributed by atoms with Gasteiger partial charge in [0.1, 0.15) is 12.4 Å². The van der Waals surface area contributed by atoms with E-state index in [0.29, 0.717) is 45.0 Å². The third-order valence-electron chi connectivity index (χ3n) is 4.56. The molecule has 0 unspecified atom stereocenters. The molecule has 0 bridgehead atoms. The fourth-order valence-corrected chi connectivity index (χ4v) is 3.73. The van der Waals surface area contributed by atoms with Crippen LogP contribution >= 0.6 is 23.4 Å². The fourth-order valence-electron chi connectivity index (χ4n) is 2.79. The largest absolute Gasteiger partial charge is 0.486 e. The quantitative estimate of drug-likeness (QED) is 0.300. The lowest BCUT2D eigenvalue weighted by atomic mass is 10.0. The number of ether oxygens (including phenoxy) is 1. The van der Waals surface area contributed by atoms with E-state index in [9.17, 15) is 0 Å². The van der Waals surface area contributed by atoms with Gasteiger partial charge < -0.3 is 15.1 Å². The third-order valence-corrected chi connectivity index (χ3v) is 5.81. The van der Waals surface area contributed by atoms with Crippen LogP contribution in [0.25, 0.3) is 11.4 Å². The summed E-state index contributed by atoms with van der Waals surface area (Å²) in [6.07, 6.45) is 0. The fraction of sp³-hybridized carbons (Fsp3) is 0.238. The van der Waals surface area contributed by atoms with Crippen molar-refractivity contribution in [1.29, 1.82) is 0 Å². The smallest absolute Gasteiger partial charge is 0.237 e. The van der Waals surface area contributed by atoms with Crippen molar-refractivity contribution in [3.05, 3.63) is 70.8 Å². The van der Waals surface area contributed by atoms with Crippen LogP contribution in [0.15, 0.2) is 58.2 Å². The van der Waals surface area contributed by atoms with E-state index in [-0.39, 0.29) is 6.61 Å². The molecule has 2 heterocycles. The molecule has 0 spiro atoms. The summed E-state index contributed by atoms with van der Waals surface area (Å²) >= 11 is 7.52. The number of nitrogens with zero attached hydrogens (tertiary/aromatic N) is 5. The predicted octanol–water partition coefficient (Wildman–Crippen LogP) is 4.69. The summed E-state index contributed by atoms with van der Waals surface area (Å²) in [5, 5.41) is 13.3. The molecule has 2 aromatic carbocycles. The van der Waals surface area contributed by atoms with Crippen LogP contribution in [0.2, 0.25) is 5.02 Å². The molecule has 4 aromatic rings. The first-order chi connectivity index (χ1) is 15.0. The van der Waals surface area contributed by atoms with Crippen LogP contribution in [0.5, 0.6) is 5.75 Å². The Hall–Kier alpha value is -3.04. The van der Waals surface area contributed by atoms with Gasteiger partial charge in [-0.1, -0.05) is 66.6 Å². The summed E-state index contributed by atoms with van der Waals surface area (Å²) in [6.45, 7) is 4.51. The molecule has 0 saturated heterocycles. The summed E-state index contributed by atoms with van der Waals surface area (Å²) in [6, 6.07) is 15.3. The minimum Gasteiger partial charge on any atom is -0.486 e. The van der Waals surface area contributed by atoms with Crippen molar-refractivity contribution in [2.75, 3.05) is 5.84 Å². The molecule has 160 valence electrons. The van der Waals surface area contributed by atoms with E-state index in [0.717, 1.165) is 5.75 Å². The molecule has 0 fully saturated rings. The topological polar surface area (TPSA) is 105 Å². The second-order valence-electron chi connectivity index (χ2n) is 7.06. The molecular formula is C21H21ClN6O2S. The Morgan fingerprint density at radius 1 is 1.13 bits per heavy atom. The molecule has 0 atom stereocenters. The average Bonchev–Trinajstić information content (AvgIpc) is 3.38. The van der Waals surface area contributed by atoms with Gasteiger partial charge in [-0.15, -0.1) is 10.2 Å². The van der Waals surface area contributed by atoms with Crippen molar-refractivity contribution in [2.45, 2.75) is 37.3 Å². The Morgan fingerprint density at radius 3 is 2.65 bits per heavy atom. The normalized spacial score (nSPS) is 11.2. The Labute approximate surface area is 188 Å². The first-order valence-corrected chi connectivity index (χ1v) is 11.0. The molecule has 10 heteroatoms. The van der Waals surface area contributed by atoms with Crippen molar-refractivity contribution in [3.63, 3.8) is 0 Å². The number of hydrogen-bond acceptors (Lipinski definition) is 8. The SMILES string of the molecule is CC(C)c1ccc(OCc2nnc(SCc3nc(-c4ccccc4Cl)no3)n2N)cc1. The maximum atomic E-state index is 6.18. The molecule has 2 aromatic heterocycles. The summed E-state index contributed by atoms with van der Waals surface area (Å²) in [5.41, 5.74) is 1.97. The van der Waals surface area contributed by atoms with Crippen molar-refractivity contribution < 1.29 is 9.26 Å². The van der Waals surface area contributed by atoms with E-state index >= 15 is 0 Å². The van der Waals surface area contributed by atoms with Gasteiger partial charge in [0.2, 0.25) is 16.9 Å². The number of aromatic nitrogens is 5. The molecule has 4 rings (SSSR count). The lowest BCUT2D eigenvalue weighted by molar-refractivity contribution is 0.291. The van der Waals surface area contributed by atoms with Gasteiger partial charge in [-0.25, -0.2) is 4.68 Å². The molecule has 31 heavy (non-hydrogen) atoms. The average molecular weight is 457 g/mol. The van der Waals surface area contributed by atoms with Crippen LogP contribution in [0.4, 0.5) is 0 Å². The lowest BCUT2D eigenvalue weighted by Gasteiger charge is -2.08. The van der Waals surface area contributed by atoms with Gasteiger partial charge in [0, 0.05) is 5.56 Å². The standard InChI is InChI=1S/C21H21ClN6O2S/c1-13(2)14-7-9-15(10-8-14)29-11-18-25-26-21(28(18)23)31-12-19-24-20(27-30-19)16-5-3-4-6-17(16)22/h3-10,13H,11-12,23H2,1-2H3. The molecule has 0 amide bonds. The van der Waals surface area contributed by atoms with Crippen LogP contribution < -0.4 is 10.6 Å². The van der Waals surface area contributed by atoms with Gasteiger partial charge in [0.25, 0.3) is 0 Å². The number of nitrogens with two attached hydrogens (primary N) is 1. The van der Waals surface area contributed by atoms with Crippen LogP contribution in [-0.4, -0.2) is 25.0 Å². The van der Waals surface area contributed by atoms with Crippen LogP contribution in [-0.2, 0) is 12.4 Å². The monoisotopic (exact) mass is 456 g/mol. The van der Waals surface area contributed by atoms with Crippen molar-refractivity contribution in [3.8, 4) is 17.1 Å². The summed E-state index contributed by atoms with van der Waals surface area (Å²) in [7, 11) is 0. The maximum absolute atomic E-state index is 6.18. The van der Waals surface area contributed by atoms with Gasteiger partial charge in [-0.05, 0) is 35.7 Å². The van der Waals surface area contributed by atoms with E-state index in [2.05, 4.69) is 46.3 Å². The van der Waals surface area contributed by atoms with E-state index < -0.39 is 0 Å². The molecule has 0 aliphatic heterocycles. The van der Waals surface area contributed by atoms with Crippen LogP contribution in [0.1, 0.15) is 37.0 Å². The van der Waals surface area contributed by atoms with Gasteiger partial charge in [-0.2, -0.15) is 4.98 Å². The third kappa shape index (κ3) is 5.00. The summed E-state index contributed by atoms with van der Waals surface area (Å²) < 4.78 is 12.5. The number of thioether (sulfide) groups is 1. The molecule has 0 saturated carbocycles. The van der Waals surface area contributed by atoms with Gasteiger partial charge in [0.05, 0.1) is 10.8 Å². The first-order valence-electron chi connectivity index (χ1n) is 9.63. The summed E-state index contributed by atoms with van der Waals surface area (Å²) in [4.78, 5) is 4.38. The second-order valence-corrected chi connectivity index (χ2v) is 8.41. The Morgan fingerprint density at radius 2 is 1.90 bits per heavy atom. The Kier molecular flexibility index (Phi) is 6.43. The molecule has 8 nitrogen and oxygen atoms in total. The highest BCUT2D eigenvalue weighted by Crippen LogP contribution is 2.27. The second kappa shape index (κ2) is 9.40. The summed E-state index contributed by atoms with van der Waals surface area (Å²) in [5.74, 6) is 9.12. The Bertz CT molecular complexity index is 1160. The van der Waals surface area contributed by atoms with Gasteiger partial charge >= 0.3 is 0 Å². The molecule has 2 N–H and O–H groups in total. The number of benzene rings is 2. The van der Waals surface area contributed by atoms with Gasteiger partial charge in [-0.3, -0.25) is 0 Å². The number of halogens is 1. The number of rotatable bonds is 8. The highest BCUT2D eigenvalue weighted by Gasteiger charge is 2.15. The molecule has 0 aliphatic rings. The van der Waals surface area contributed by atoms with Crippen molar-refractivity contribution >= 4 is 23.4 Å². The molecule has 0 radical (unpaired) electrons. The molecular weight excluding hydrogens is 436 g/mol. The van der Waals surface area contributed by atoms with E-state index in [1.165, 1.54) is 22.0 Å². The lowest BCUT2D eigenvalue weighted by Crippen LogP contribution is -2.15. The minimum absolute atomic E-state index is 0.211. The zero-order valence-corrected chi connectivity index (χ0v) is 18.6. The predicted molar refractivity (Wildman–Crippen MR) is 119 cm³/mol. The highest BCUT2D eigenvalue weighted by molar-refractivity contribution is 7.98. The first kappa shape index (κ1) is 21.2. The van der Waals surface area contributed by atoms with Crippen LogP contribution in [0.3, 0.4) is 0 Å². The van der Waals surface area contributed by atoms with E-state index in [1.54, 1.807) is 6.07 Å². The molecule has 0 aliphatic carbocycles. The van der Waals surface area contributed by atoms with Crippen LogP contribution in [0, 0.1) is 0 Å². The zero-order chi connectivity index (χ0) is 21.8. The zero-order valence-electron chi connectivity index (χ0n) is 17.0. The Balaban J connectivity index is 1.35. The number of nitrogen functional groups attached to an aromatic ring is 1. The van der Waals surface area contributed by atoms with Gasteiger partial charge in [0.15, 0.2) is 5.82 Å². The van der Waals surface area contributed by atoms with E-state index in [1.807, 2.05) is 30.3 Å². The number of hydrogen-bond donors (Lipinski definition) is 1. The minimum atomic E-state index is 0.211.